The van der Waals surface area contributed by atoms with E-state index in [-0.39, 0.29) is 17.0 Å². The molecule has 1 amide bonds. The molecule has 0 unspecified atom stereocenters. The molecule has 1 aliphatic rings. The van der Waals surface area contributed by atoms with Crippen molar-refractivity contribution in [1.82, 2.24) is 4.90 Å². The average molecular weight is 503 g/mol. The molecule has 0 bridgehead atoms. The van der Waals surface area contributed by atoms with E-state index in [2.05, 4.69) is 37.9 Å². The lowest BCUT2D eigenvalue weighted by Crippen LogP contribution is -2.59. The van der Waals surface area contributed by atoms with Gasteiger partial charge in [0.15, 0.2) is 11.5 Å². The van der Waals surface area contributed by atoms with Crippen molar-refractivity contribution in [3.8, 4) is 23.0 Å². The number of methoxy groups -OCH3 is 1. The number of likely N-dealkylation sites (tertiary alicyclic amines) is 1. The van der Waals surface area contributed by atoms with Gasteiger partial charge in [-0.2, -0.15) is 0 Å². The van der Waals surface area contributed by atoms with E-state index in [1.54, 1.807) is 25.3 Å². The fourth-order valence-electron chi connectivity index (χ4n) is 5.29. The Bertz CT molecular complexity index is 1190. The van der Waals surface area contributed by atoms with Crippen LogP contribution in [-0.4, -0.2) is 42.1 Å². The van der Waals surface area contributed by atoms with E-state index < -0.39 is 0 Å². The van der Waals surface area contributed by atoms with Crippen LogP contribution in [0.5, 0.6) is 23.0 Å². The Morgan fingerprint density at radius 2 is 1.57 bits per heavy atom. The lowest BCUT2D eigenvalue weighted by molar-refractivity contribution is -0.0341. The number of carbonyl (C=O) groups excluding carboxylic acids is 1. The average Bonchev–Trinajstić information content (AvgIpc) is 2.86. The van der Waals surface area contributed by atoms with E-state index in [9.17, 15) is 4.79 Å². The monoisotopic (exact) mass is 502 g/mol. The Morgan fingerprint density at radius 3 is 2.27 bits per heavy atom. The summed E-state index contributed by atoms with van der Waals surface area (Å²) in [7, 11) is 1.62. The maximum Gasteiger partial charge on any atom is 0.255 e. The van der Waals surface area contributed by atoms with Gasteiger partial charge in [-0.05, 0) is 89.4 Å². The van der Waals surface area contributed by atoms with Crippen molar-refractivity contribution in [3.63, 3.8) is 0 Å². The first-order valence-electron chi connectivity index (χ1n) is 12.9. The van der Waals surface area contributed by atoms with Crippen LogP contribution in [0.2, 0.25) is 0 Å². The van der Waals surface area contributed by atoms with Gasteiger partial charge in [-0.25, -0.2) is 0 Å². The van der Waals surface area contributed by atoms with Crippen molar-refractivity contribution in [2.45, 2.75) is 58.0 Å². The molecule has 37 heavy (non-hydrogen) atoms. The Morgan fingerprint density at radius 1 is 0.865 bits per heavy atom. The first-order chi connectivity index (χ1) is 17.7. The van der Waals surface area contributed by atoms with Crippen LogP contribution in [-0.2, 0) is 0 Å². The minimum Gasteiger partial charge on any atom is -0.493 e. The second kappa shape index (κ2) is 11.3. The molecule has 4 rings (SSSR count). The molecule has 0 saturated carbocycles. The molecule has 0 aliphatic carbocycles. The molecule has 0 aromatic heterocycles. The number of para-hydroxylation sites is 1. The molecule has 1 fully saturated rings. The van der Waals surface area contributed by atoms with E-state index in [1.807, 2.05) is 54.6 Å². The summed E-state index contributed by atoms with van der Waals surface area (Å²) in [4.78, 5) is 15.6. The van der Waals surface area contributed by atoms with Gasteiger partial charge < -0.3 is 19.5 Å². The summed E-state index contributed by atoms with van der Waals surface area (Å²) in [6.07, 6.45) is 3.60. The molecule has 1 heterocycles. The predicted octanol–water partition coefficient (Wildman–Crippen LogP) is 7.16. The maximum absolute atomic E-state index is 13.0. The Kier molecular flexibility index (Phi) is 8.08. The largest absolute Gasteiger partial charge is 0.493 e. The highest BCUT2D eigenvalue weighted by Gasteiger charge is 2.40. The van der Waals surface area contributed by atoms with Gasteiger partial charge in [-0.15, -0.1) is 0 Å². The molecule has 1 N–H and O–H groups in total. The van der Waals surface area contributed by atoms with Crippen LogP contribution in [0.4, 0.5) is 5.69 Å². The first-order valence-corrected chi connectivity index (χ1v) is 12.9. The fraction of sp³-hybridized carbons (Fsp3) is 0.387. The van der Waals surface area contributed by atoms with Gasteiger partial charge in [-0.3, -0.25) is 9.69 Å². The van der Waals surface area contributed by atoms with Crippen molar-refractivity contribution in [3.05, 3.63) is 78.4 Å². The third-order valence-corrected chi connectivity index (χ3v) is 7.11. The van der Waals surface area contributed by atoms with Crippen LogP contribution >= 0.6 is 0 Å². The minimum atomic E-state index is -0.230. The van der Waals surface area contributed by atoms with Gasteiger partial charge in [0.05, 0.1) is 7.11 Å². The number of carbonyl (C=O) groups is 1. The fourth-order valence-corrected chi connectivity index (χ4v) is 5.29. The summed E-state index contributed by atoms with van der Waals surface area (Å²) >= 11 is 0. The normalized spacial score (nSPS) is 16.6. The van der Waals surface area contributed by atoms with Crippen molar-refractivity contribution in [1.29, 1.82) is 0 Å². The Hall–Kier alpha value is -3.51. The number of ether oxygens (including phenoxy) is 3. The van der Waals surface area contributed by atoms with Gasteiger partial charge in [0, 0.05) is 34.9 Å². The lowest BCUT2D eigenvalue weighted by atomic mass is 9.80. The van der Waals surface area contributed by atoms with Gasteiger partial charge >= 0.3 is 0 Å². The number of rotatable bonds is 9. The molecule has 3 aromatic rings. The van der Waals surface area contributed by atoms with Crippen molar-refractivity contribution in [2.24, 2.45) is 0 Å². The molecular formula is C31H38N2O4. The predicted molar refractivity (Wildman–Crippen MR) is 148 cm³/mol. The highest BCUT2D eigenvalue weighted by atomic mass is 16.5. The zero-order valence-corrected chi connectivity index (χ0v) is 22.5. The third-order valence-electron chi connectivity index (χ3n) is 7.11. The van der Waals surface area contributed by atoms with Crippen LogP contribution in [0.3, 0.4) is 0 Å². The van der Waals surface area contributed by atoms with Crippen molar-refractivity contribution in [2.75, 3.05) is 25.6 Å². The molecular weight excluding hydrogens is 464 g/mol. The van der Waals surface area contributed by atoms with E-state index in [1.165, 1.54) is 19.3 Å². The van der Waals surface area contributed by atoms with Gasteiger partial charge in [-0.1, -0.05) is 24.3 Å². The number of amides is 1. The Labute approximate surface area is 220 Å². The van der Waals surface area contributed by atoms with Crippen molar-refractivity contribution >= 4 is 11.6 Å². The van der Waals surface area contributed by atoms with Crippen LogP contribution in [0.25, 0.3) is 0 Å². The second-order valence-electron chi connectivity index (χ2n) is 10.7. The van der Waals surface area contributed by atoms with Gasteiger partial charge in [0.2, 0.25) is 0 Å². The quantitative estimate of drug-likeness (QED) is 0.336. The van der Waals surface area contributed by atoms with Crippen LogP contribution in [0.15, 0.2) is 72.8 Å². The van der Waals surface area contributed by atoms with E-state index in [0.29, 0.717) is 40.9 Å². The molecule has 3 aromatic carbocycles. The van der Waals surface area contributed by atoms with Gasteiger partial charge in [0.25, 0.3) is 5.91 Å². The summed E-state index contributed by atoms with van der Waals surface area (Å²) in [5.41, 5.74) is 1.39. The highest BCUT2D eigenvalue weighted by Crippen LogP contribution is 2.38. The zero-order valence-electron chi connectivity index (χ0n) is 22.5. The minimum absolute atomic E-state index is 0.129. The number of anilines is 1. The molecule has 6 heteroatoms. The highest BCUT2D eigenvalue weighted by molar-refractivity contribution is 6.04. The maximum atomic E-state index is 13.0. The molecule has 6 nitrogen and oxygen atoms in total. The summed E-state index contributed by atoms with van der Waals surface area (Å²) < 4.78 is 17.6. The number of hydrogen-bond acceptors (Lipinski definition) is 5. The summed E-state index contributed by atoms with van der Waals surface area (Å²) in [6.45, 7) is 10.6. The van der Waals surface area contributed by atoms with E-state index >= 15 is 0 Å². The number of hydrogen-bond donors (Lipinski definition) is 1. The number of nitrogens with one attached hydrogen (secondary N) is 1. The SMILES string of the molecule is COc1ccc(NC(=O)c2cccc(Oc3ccccc3)c2)cc1OCCN1C(C)(C)CCCC1(C)C. The lowest BCUT2D eigenvalue weighted by Gasteiger charge is -2.53. The molecule has 1 aliphatic heterocycles. The van der Waals surface area contributed by atoms with Gasteiger partial charge in [0.1, 0.15) is 18.1 Å². The smallest absolute Gasteiger partial charge is 0.255 e. The topological polar surface area (TPSA) is 60.0 Å². The molecule has 0 atom stereocenters. The molecule has 0 spiro atoms. The number of piperidine rings is 1. The van der Waals surface area contributed by atoms with E-state index in [0.717, 1.165) is 6.54 Å². The van der Waals surface area contributed by atoms with E-state index in [4.69, 9.17) is 14.2 Å². The number of nitrogens with zero attached hydrogens (tertiary/aromatic N) is 1. The van der Waals surface area contributed by atoms with Crippen LogP contribution in [0, 0.1) is 0 Å². The third kappa shape index (κ3) is 6.63. The van der Waals surface area contributed by atoms with Crippen LogP contribution in [0.1, 0.15) is 57.3 Å². The summed E-state index contributed by atoms with van der Waals surface area (Å²) in [5, 5.41) is 2.97. The second-order valence-corrected chi connectivity index (χ2v) is 10.7. The Balaban J connectivity index is 1.42. The molecule has 1 saturated heterocycles. The standard InChI is InChI=1S/C31H38N2O4/c1-30(2)17-10-18-31(3,4)33(30)19-20-36-28-22-24(15-16-27(28)35-5)32-29(34)23-11-9-14-26(21-23)37-25-12-7-6-8-13-25/h6-9,11-16,21-22H,10,17-20H2,1-5H3,(H,32,34). The first kappa shape index (κ1) is 26.6. The zero-order chi connectivity index (χ0) is 26.5. The van der Waals surface area contributed by atoms with Crippen molar-refractivity contribution < 1.29 is 19.0 Å². The number of benzene rings is 3. The molecule has 196 valence electrons. The van der Waals surface area contributed by atoms with Crippen LogP contribution < -0.4 is 19.5 Å². The summed E-state index contributed by atoms with van der Waals surface area (Å²) in [5.74, 6) is 2.32. The molecule has 0 radical (unpaired) electrons. The summed E-state index contributed by atoms with van der Waals surface area (Å²) in [6, 6.07) is 22.0.